The maximum Gasteiger partial charge on any atom is 0.159 e. The van der Waals surface area contributed by atoms with Gasteiger partial charge in [0.05, 0.1) is 12.8 Å². The van der Waals surface area contributed by atoms with E-state index in [1.54, 1.807) is 18.1 Å². The Morgan fingerprint density at radius 1 is 1.46 bits per heavy atom. The maximum atomic E-state index is 10.4. The summed E-state index contributed by atoms with van der Waals surface area (Å²) >= 11 is 6.70. The number of ketones is 1. The van der Waals surface area contributed by atoms with Gasteiger partial charge in [0.15, 0.2) is 5.72 Å². The minimum Gasteiger partial charge on any atom is -0.467 e. The Kier molecular flexibility index (Phi) is 13.2. The minimum atomic E-state index is -1.03. The highest BCUT2D eigenvalue weighted by molar-refractivity contribution is 8.24. The lowest BCUT2D eigenvalue weighted by molar-refractivity contribution is -0.114. The molecule has 2 N–H and O–H groups in total. The zero-order chi connectivity index (χ0) is 18.0. The SMILES string of the molecule is CC(C)=O.CC1=CSC(=S)N(Cc2ccco2)C1(C)O.CNC.Cl. The predicted octanol–water partition coefficient (Wildman–Crippen LogP) is 3.58. The highest BCUT2D eigenvalue weighted by Gasteiger charge is 2.36. The first-order valence-electron chi connectivity index (χ1n) is 7.12. The molecule has 0 amide bonds. The Bertz CT molecular complexity index is 527. The second-order valence-electron chi connectivity index (χ2n) is 5.28. The highest BCUT2D eigenvalue weighted by atomic mass is 35.5. The summed E-state index contributed by atoms with van der Waals surface area (Å²) < 4.78 is 5.93. The molecule has 0 spiro atoms. The van der Waals surface area contributed by atoms with E-state index >= 15 is 0 Å². The molecule has 1 unspecified atom stereocenters. The van der Waals surface area contributed by atoms with Crippen molar-refractivity contribution < 1.29 is 14.3 Å². The summed E-state index contributed by atoms with van der Waals surface area (Å²) in [4.78, 5) is 11.2. The number of carbonyl (C=O) groups excluding carboxylic acids is 1. The van der Waals surface area contributed by atoms with Crippen molar-refractivity contribution in [2.45, 2.75) is 40.0 Å². The summed E-state index contributed by atoms with van der Waals surface area (Å²) in [7, 11) is 3.75. The number of thioether (sulfide) groups is 1. The van der Waals surface area contributed by atoms with Crippen LogP contribution in [-0.4, -0.2) is 39.9 Å². The first-order valence-corrected chi connectivity index (χ1v) is 8.41. The lowest BCUT2D eigenvalue weighted by Gasteiger charge is -2.41. The predicted molar refractivity (Wildman–Crippen MR) is 107 cm³/mol. The van der Waals surface area contributed by atoms with Gasteiger partial charge in [0, 0.05) is 0 Å². The van der Waals surface area contributed by atoms with E-state index in [9.17, 15) is 9.90 Å². The molecule has 5 nitrogen and oxygen atoms in total. The molecule has 0 aromatic carbocycles. The monoisotopic (exact) mass is 394 g/mol. The van der Waals surface area contributed by atoms with E-state index in [0.29, 0.717) is 10.9 Å². The van der Waals surface area contributed by atoms with Gasteiger partial charge in [0.1, 0.15) is 15.9 Å². The summed E-state index contributed by atoms with van der Waals surface area (Å²) in [6.45, 7) is 7.18. The van der Waals surface area contributed by atoms with E-state index in [-0.39, 0.29) is 18.2 Å². The summed E-state index contributed by atoms with van der Waals surface area (Å²) in [5, 5.41) is 15.0. The average molecular weight is 395 g/mol. The van der Waals surface area contributed by atoms with Crippen molar-refractivity contribution >= 4 is 46.5 Å². The summed E-state index contributed by atoms with van der Waals surface area (Å²) in [5.74, 6) is 0.956. The fourth-order valence-electron chi connectivity index (χ4n) is 1.48. The van der Waals surface area contributed by atoms with Gasteiger partial charge in [-0.05, 0) is 64.9 Å². The molecule has 2 heterocycles. The molecule has 2 rings (SSSR count). The van der Waals surface area contributed by atoms with Gasteiger partial charge in [0.25, 0.3) is 0 Å². The number of nitrogens with zero attached hydrogens (tertiary/aromatic N) is 1. The Balaban J connectivity index is 0. The lowest BCUT2D eigenvalue weighted by Crippen LogP contribution is -2.50. The van der Waals surface area contributed by atoms with Gasteiger partial charge in [-0.3, -0.25) is 0 Å². The van der Waals surface area contributed by atoms with Crippen molar-refractivity contribution in [1.82, 2.24) is 10.2 Å². The number of thiocarbonyl (C=S) groups is 1. The topological polar surface area (TPSA) is 65.7 Å². The quantitative estimate of drug-likeness (QED) is 0.743. The Labute approximate surface area is 160 Å². The van der Waals surface area contributed by atoms with E-state index in [1.807, 2.05) is 38.6 Å². The van der Waals surface area contributed by atoms with E-state index in [1.165, 1.54) is 25.6 Å². The fraction of sp³-hybridized carbons (Fsp3) is 0.500. The van der Waals surface area contributed by atoms with Crippen LogP contribution >= 0.6 is 36.4 Å². The van der Waals surface area contributed by atoms with Crippen molar-refractivity contribution in [3.63, 3.8) is 0 Å². The molecule has 0 radical (unpaired) electrons. The van der Waals surface area contributed by atoms with Gasteiger partial charge in [-0.15, -0.1) is 12.4 Å². The molecule has 24 heavy (non-hydrogen) atoms. The van der Waals surface area contributed by atoms with Crippen LogP contribution in [0.15, 0.2) is 33.8 Å². The third-order valence-electron chi connectivity index (χ3n) is 2.72. The molecular weight excluding hydrogens is 368 g/mol. The third kappa shape index (κ3) is 8.84. The highest BCUT2D eigenvalue weighted by Crippen LogP contribution is 2.34. The number of Topliss-reactive ketones (excluding diaryl/α,β-unsaturated/α-hetero) is 1. The second kappa shape index (κ2) is 12.5. The zero-order valence-electron chi connectivity index (χ0n) is 15.0. The third-order valence-corrected chi connectivity index (χ3v) is 4.13. The average Bonchev–Trinajstić information content (AvgIpc) is 2.93. The molecule has 1 aliphatic rings. The van der Waals surface area contributed by atoms with Gasteiger partial charge in [-0.2, -0.15) is 0 Å². The van der Waals surface area contributed by atoms with Crippen LogP contribution in [0, 0.1) is 0 Å². The smallest absolute Gasteiger partial charge is 0.159 e. The van der Waals surface area contributed by atoms with E-state index in [2.05, 4.69) is 5.32 Å². The van der Waals surface area contributed by atoms with Crippen LogP contribution in [-0.2, 0) is 11.3 Å². The molecule has 1 atom stereocenters. The van der Waals surface area contributed by atoms with Crippen LogP contribution < -0.4 is 5.32 Å². The van der Waals surface area contributed by atoms with Gasteiger partial charge < -0.3 is 24.5 Å². The number of hydrogen-bond donors (Lipinski definition) is 2. The lowest BCUT2D eigenvalue weighted by atomic mass is 10.1. The standard InChI is InChI=1S/C11H13NO2S2.C3H6O.C2H7N.ClH/c1-8-7-16-10(15)12(11(8,2)13)6-9-4-3-5-14-9;1-3(2)4;1-3-2;/h3-5,7,13H,6H2,1-2H3;1-2H3;3H,1-2H3;1H. The molecular formula is C16H27ClN2O3S2. The molecule has 0 fully saturated rings. The molecule has 1 aliphatic heterocycles. The van der Waals surface area contributed by atoms with Crippen LogP contribution in [0.25, 0.3) is 0 Å². The summed E-state index contributed by atoms with van der Waals surface area (Å²) in [5.41, 5.74) is -0.146. The summed E-state index contributed by atoms with van der Waals surface area (Å²) in [6.07, 6.45) is 1.62. The Morgan fingerprint density at radius 3 is 2.38 bits per heavy atom. The molecule has 138 valence electrons. The first kappa shape index (κ1) is 25.4. The number of rotatable bonds is 2. The number of aliphatic hydroxyl groups is 1. The first-order chi connectivity index (χ1) is 10.7. The molecule has 0 saturated carbocycles. The molecule has 8 heteroatoms. The number of halogens is 1. The number of nitrogens with one attached hydrogen (secondary N) is 1. The van der Waals surface area contributed by atoms with Gasteiger partial charge in [-0.1, -0.05) is 24.0 Å². The Morgan fingerprint density at radius 2 is 1.96 bits per heavy atom. The van der Waals surface area contributed by atoms with Crippen molar-refractivity contribution in [2.75, 3.05) is 14.1 Å². The van der Waals surface area contributed by atoms with Crippen molar-refractivity contribution in [2.24, 2.45) is 0 Å². The van der Waals surface area contributed by atoms with E-state index in [0.717, 1.165) is 11.3 Å². The fourth-order valence-corrected chi connectivity index (χ4v) is 2.74. The minimum absolute atomic E-state index is 0. The zero-order valence-corrected chi connectivity index (χ0v) is 17.4. The van der Waals surface area contributed by atoms with Crippen molar-refractivity contribution in [3.8, 4) is 0 Å². The van der Waals surface area contributed by atoms with Crippen molar-refractivity contribution in [3.05, 3.63) is 35.1 Å². The normalized spacial score (nSPS) is 19.0. The van der Waals surface area contributed by atoms with Gasteiger partial charge >= 0.3 is 0 Å². The van der Waals surface area contributed by atoms with Gasteiger partial charge in [0.2, 0.25) is 0 Å². The van der Waals surface area contributed by atoms with Gasteiger partial charge in [-0.25, -0.2) is 0 Å². The molecule has 1 aromatic rings. The molecule has 1 aromatic heterocycles. The molecule has 0 saturated heterocycles. The van der Waals surface area contributed by atoms with Crippen LogP contribution in [0.1, 0.15) is 33.5 Å². The summed E-state index contributed by atoms with van der Waals surface area (Å²) in [6, 6.07) is 3.70. The largest absolute Gasteiger partial charge is 0.467 e. The van der Waals surface area contributed by atoms with Crippen LogP contribution in [0.5, 0.6) is 0 Å². The van der Waals surface area contributed by atoms with Crippen molar-refractivity contribution in [1.29, 1.82) is 0 Å². The van der Waals surface area contributed by atoms with Crippen LogP contribution in [0.4, 0.5) is 0 Å². The van der Waals surface area contributed by atoms with Crippen LogP contribution in [0.2, 0.25) is 0 Å². The Hall–Kier alpha value is -0.860. The maximum absolute atomic E-state index is 10.4. The number of furan rings is 1. The second-order valence-corrected chi connectivity index (χ2v) is 6.78. The van der Waals surface area contributed by atoms with E-state index < -0.39 is 5.72 Å². The molecule has 0 bridgehead atoms. The number of hydrogen-bond acceptors (Lipinski definition) is 6. The number of carbonyl (C=O) groups is 1. The molecule has 0 aliphatic carbocycles. The van der Waals surface area contributed by atoms with Crippen LogP contribution in [0.3, 0.4) is 0 Å². The van der Waals surface area contributed by atoms with E-state index in [4.69, 9.17) is 16.6 Å².